The zero-order valence-corrected chi connectivity index (χ0v) is 32.6. The molecule has 0 amide bonds. The molecule has 1 unspecified atom stereocenters. The first-order valence-corrected chi connectivity index (χ1v) is 21.7. The molecule has 0 bridgehead atoms. The van der Waals surface area contributed by atoms with E-state index in [9.17, 15) is 26.7 Å². The number of nitrogens with one attached hydrogen (secondary N) is 1. The maximum absolute atomic E-state index is 13.1. The summed E-state index contributed by atoms with van der Waals surface area (Å²) in [6, 6.07) is 10.6. The fourth-order valence-corrected chi connectivity index (χ4v) is 12.2. The Morgan fingerprint density at radius 2 is 1.56 bits per heavy atom. The molecule has 48 heavy (non-hydrogen) atoms. The zero-order chi connectivity index (χ0) is 34.5. The molecule has 2 aliphatic heterocycles. The topological polar surface area (TPSA) is 137 Å². The van der Waals surface area contributed by atoms with Gasteiger partial charge in [0.2, 0.25) is 10.0 Å². The van der Waals surface area contributed by atoms with Crippen molar-refractivity contribution in [2.45, 2.75) is 72.9 Å². The molecule has 0 aliphatic carbocycles. The highest BCUT2D eigenvalue weighted by molar-refractivity contribution is 9.11. The summed E-state index contributed by atoms with van der Waals surface area (Å²) in [6.07, 6.45) is 9.66. The minimum absolute atomic E-state index is 0.0219. The van der Waals surface area contributed by atoms with Crippen LogP contribution in [0.4, 0.5) is 5.82 Å². The molecule has 1 aromatic carbocycles. The van der Waals surface area contributed by atoms with Crippen LogP contribution in [0.3, 0.4) is 0 Å². The van der Waals surface area contributed by atoms with Crippen LogP contribution in [-0.4, -0.2) is 69.4 Å². The molecule has 1 atom stereocenters. The van der Waals surface area contributed by atoms with Crippen LogP contribution < -0.4 is 9.62 Å². The number of nitrogens with zero attached hydrogens (tertiary/aromatic N) is 3. The fraction of sp³-hybridized carbons (Fsp3) is 0.500. The molecule has 3 aromatic rings. The standard InChI is InChI=1S/C32H39Br2ClN4O6S3/c33-26-20-29(46-30(26)35)48(44,45)39-16-12-23(13-17-39)7-5-4-6-22-10-14-38(15-11-22)31-27(34)19-25(21-36-31)47(42,43)37-28(32(40)41)18-24-8-2-1-3-9-24/h1-3,8-9,19-23,28,37H,4-7,10-18H2,(H,40,41). The van der Waals surface area contributed by atoms with Gasteiger partial charge in [-0.15, -0.1) is 11.3 Å². The predicted octanol–water partition coefficient (Wildman–Crippen LogP) is 7.17. The molecular formula is C32H39Br2ClN4O6S3. The quantitative estimate of drug-likeness (QED) is 0.163. The lowest BCUT2D eigenvalue weighted by Crippen LogP contribution is -2.42. The third-order valence-corrected chi connectivity index (χ3v) is 16.0. The van der Waals surface area contributed by atoms with Crippen molar-refractivity contribution in [1.82, 2.24) is 14.0 Å². The Hall–Kier alpha value is -1.59. The normalized spacial score (nSPS) is 17.9. The lowest BCUT2D eigenvalue weighted by atomic mass is 9.88. The van der Waals surface area contributed by atoms with E-state index in [1.54, 1.807) is 34.6 Å². The predicted molar refractivity (Wildman–Crippen MR) is 196 cm³/mol. The smallest absolute Gasteiger partial charge is 0.322 e. The van der Waals surface area contributed by atoms with Crippen LogP contribution in [0.15, 0.2) is 66.7 Å². The molecule has 4 heterocycles. The van der Waals surface area contributed by atoms with Crippen molar-refractivity contribution in [3.63, 3.8) is 0 Å². The number of hydrogen-bond acceptors (Lipinski definition) is 8. The van der Waals surface area contributed by atoms with E-state index in [1.165, 1.54) is 12.3 Å². The Bertz CT molecular complexity index is 1760. The monoisotopic (exact) mass is 864 g/mol. The van der Waals surface area contributed by atoms with E-state index in [2.05, 4.69) is 46.5 Å². The Morgan fingerprint density at radius 1 is 0.958 bits per heavy atom. The van der Waals surface area contributed by atoms with E-state index in [0.717, 1.165) is 75.8 Å². The fourth-order valence-electron chi connectivity index (χ4n) is 6.40. The first-order chi connectivity index (χ1) is 22.8. The number of aromatic nitrogens is 1. The average Bonchev–Trinajstić information content (AvgIpc) is 3.42. The van der Waals surface area contributed by atoms with Gasteiger partial charge in [-0.3, -0.25) is 4.79 Å². The number of carboxylic acid groups (broad SMARTS) is 1. The first kappa shape index (κ1) is 37.7. The van der Waals surface area contributed by atoms with Gasteiger partial charge in [-0.1, -0.05) is 67.6 Å². The maximum Gasteiger partial charge on any atom is 0.322 e. The highest BCUT2D eigenvalue weighted by Gasteiger charge is 2.32. The number of thiophene rings is 1. The minimum Gasteiger partial charge on any atom is -0.480 e. The number of pyridine rings is 1. The molecule has 5 rings (SSSR count). The lowest BCUT2D eigenvalue weighted by molar-refractivity contribution is -0.138. The van der Waals surface area contributed by atoms with Crippen LogP contribution in [0, 0.1) is 11.8 Å². The molecular weight excluding hydrogens is 828 g/mol. The zero-order valence-electron chi connectivity index (χ0n) is 26.2. The number of carboxylic acids is 1. The van der Waals surface area contributed by atoms with Gasteiger partial charge >= 0.3 is 5.97 Å². The summed E-state index contributed by atoms with van der Waals surface area (Å²) in [4.78, 5) is 18.4. The van der Waals surface area contributed by atoms with Gasteiger partial charge in [-0.05, 0) is 93.5 Å². The van der Waals surface area contributed by atoms with Gasteiger partial charge in [0.25, 0.3) is 10.0 Å². The number of aliphatic carboxylic acids is 1. The number of halogens is 3. The number of piperidine rings is 2. The molecule has 0 saturated carbocycles. The van der Waals surface area contributed by atoms with Crippen LogP contribution in [0.25, 0.3) is 0 Å². The molecule has 2 aliphatic rings. The number of sulfonamides is 2. The minimum atomic E-state index is -4.12. The third-order valence-electron chi connectivity index (χ3n) is 9.16. The van der Waals surface area contributed by atoms with Gasteiger partial charge in [0.1, 0.15) is 25.3 Å². The summed E-state index contributed by atoms with van der Waals surface area (Å²) in [5, 5.41) is 9.65. The number of benzene rings is 1. The molecule has 2 fully saturated rings. The molecule has 262 valence electrons. The second-order valence-corrected chi connectivity index (χ2v) is 19.7. The van der Waals surface area contributed by atoms with E-state index < -0.39 is 32.1 Å². The summed E-state index contributed by atoms with van der Waals surface area (Å²) in [7, 11) is -7.63. The Labute approximate surface area is 308 Å². The second kappa shape index (κ2) is 16.6. The molecule has 0 spiro atoms. The number of anilines is 1. The van der Waals surface area contributed by atoms with Gasteiger partial charge < -0.3 is 10.0 Å². The van der Waals surface area contributed by atoms with Crippen molar-refractivity contribution < 1.29 is 26.7 Å². The summed E-state index contributed by atoms with van der Waals surface area (Å²) in [5.41, 5.74) is 0.715. The first-order valence-electron chi connectivity index (χ1n) is 16.0. The van der Waals surface area contributed by atoms with E-state index in [0.29, 0.717) is 49.6 Å². The van der Waals surface area contributed by atoms with E-state index in [1.807, 2.05) is 6.07 Å². The molecule has 2 saturated heterocycles. The Balaban J connectivity index is 1.03. The summed E-state index contributed by atoms with van der Waals surface area (Å²) in [5.74, 6) is 0.582. The molecule has 10 nitrogen and oxygen atoms in total. The Kier molecular flexibility index (Phi) is 13.0. The SMILES string of the molecule is O=C(O)C(Cc1ccccc1)NS(=O)(=O)c1cnc(N2CCC(CCCCC3CCN(S(=O)(=O)c4cc(Br)c(Cl)s4)CC3)CC2)c(Br)c1. The maximum atomic E-state index is 13.1. The van der Waals surface area contributed by atoms with Crippen molar-refractivity contribution in [2.24, 2.45) is 11.8 Å². The average molecular weight is 867 g/mol. The van der Waals surface area contributed by atoms with Gasteiger partial charge in [-0.2, -0.15) is 9.03 Å². The molecule has 2 aromatic heterocycles. The van der Waals surface area contributed by atoms with Gasteiger partial charge in [0, 0.05) is 36.8 Å². The summed E-state index contributed by atoms with van der Waals surface area (Å²) >= 11 is 14.0. The highest BCUT2D eigenvalue weighted by Crippen LogP contribution is 2.37. The van der Waals surface area contributed by atoms with Crippen molar-refractivity contribution >= 4 is 86.6 Å². The number of hydrogen-bond donors (Lipinski definition) is 2. The lowest BCUT2D eigenvalue weighted by Gasteiger charge is -2.33. The van der Waals surface area contributed by atoms with Crippen LogP contribution >= 0.6 is 54.8 Å². The van der Waals surface area contributed by atoms with Crippen molar-refractivity contribution in [3.05, 3.63) is 67.5 Å². The van der Waals surface area contributed by atoms with Crippen molar-refractivity contribution in [2.75, 3.05) is 31.1 Å². The van der Waals surface area contributed by atoms with E-state index in [4.69, 9.17) is 11.6 Å². The number of rotatable bonds is 14. The van der Waals surface area contributed by atoms with Gasteiger partial charge in [-0.25, -0.2) is 21.8 Å². The van der Waals surface area contributed by atoms with Gasteiger partial charge in [0.15, 0.2) is 0 Å². The van der Waals surface area contributed by atoms with E-state index in [-0.39, 0.29) is 15.5 Å². The number of carbonyl (C=O) groups is 1. The van der Waals surface area contributed by atoms with Crippen LogP contribution in [0.5, 0.6) is 0 Å². The molecule has 2 N–H and O–H groups in total. The van der Waals surface area contributed by atoms with Crippen LogP contribution in [0.1, 0.15) is 56.9 Å². The second-order valence-electron chi connectivity index (χ2n) is 12.4. The van der Waals surface area contributed by atoms with Crippen molar-refractivity contribution in [1.29, 1.82) is 0 Å². The van der Waals surface area contributed by atoms with Crippen molar-refractivity contribution in [3.8, 4) is 0 Å². The molecule has 0 radical (unpaired) electrons. The summed E-state index contributed by atoms with van der Waals surface area (Å²) < 4.78 is 57.9. The largest absolute Gasteiger partial charge is 0.480 e. The van der Waals surface area contributed by atoms with Crippen LogP contribution in [-0.2, 0) is 31.3 Å². The molecule has 16 heteroatoms. The number of unbranched alkanes of at least 4 members (excludes halogenated alkanes) is 1. The highest BCUT2D eigenvalue weighted by atomic mass is 79.9. The Morgan fingerprint density at radius 3 is 2.10 bits per heavy atom. The van der Waals surface area contributed by atoms with E-state index >= 15 is 0 Å². The summed E-state index contributed by atoms with van der Waals surface area (Å²) in [6.45, 7) is 2.72. The third kappa shape index (κ3) is 9.59. The van der Waals surface area contributed by atoms with Gasteiger partial charge in [0.05, 0.1) is 4.47 Å². The van der Waals surface area contributed by atoms with Crippen LogP contribution in [0.2, 0.25) is 4.34 Å².